The Morgan fingerprint density at radius 3 is 2.80 bits per heavy atom. The predicted octanol–water partition coefficient (Wildman–Crippen LogP) is 2.98. The molecule has 3 N–H and O–H groups in total. The van der Waals surface area contributed by atoms with Crippen LogP contribution in [-0.4, -0.2) is 30.4 Å². The van der Waals surface area contributed by atoms with E-state index in [1.807, 2.05) is 14.0 Å². The number of nitrogen functional groups attached to an aromatic ring is 1. The number of benzene rings is 1. The number of hydrogen-bond donors (Lipinski definition) is 2. The molecule has 0 aliphatic heterocycles. The van der Waals surface area contributed by atoms with E-state index < -0.39 is 0 Å². The van der Waals surface area contributed by atoms with Gasteiger partial charge in [-0.3, -0.25) is 9.69 Å². The van der Waals surface area contributed by atoms with Crippen molar-refractivity contribution >= 4 is 28.9 Å². The number of nitrogens with zero attached hydrogens (tertiary/aromatic N) is 1. The van der Waals surface area contributed by atoms with Crippen molar-refractivity contribution in [3.05, 3.63) is 23.2 Å². The molecule has 1 amide bonds. The molecular weight excluding hydrogens is 274 g/mol. The largest absolute Gasteiger partial charge is 0.397 e. The highest BCUT2D eigenvalue weighted by molar-refractivity contribution is 6.31. The van der Waals surface area contributed by atoms with Gasteiger partial charge in [-0.15, -0.1) is 0 Å². The van der Waals surface area contributed by atoms with Crippen molar-refractivity contribution in [2.24, 2.45) is 5.92 Å². The van der Waals surface area contributed by atoms with Gasteiger partial charge in [0, 0.05) is 11.6 Å². The van der Waals surface area contributed by atoms with Crippen molar-refractivity contribution in [2.45, 2.75) is 32.2 Å². The summed E-state index contributed by atoms with van der Waals surface area (Å²) in [6.07, 6.45) is 3.88. The summed E-state index contributed by atoms with van der Waals surface area (Å²) in [5, 5.41) is 3.43. The molecule has 20 heavy (non-hydrogen) atoms. The van der Waals surface area contributed by atoms with Gasteiger partial charge < -0.3 is 11.1 Å². The number of nitrogens with two attached hydrogens (primary N) is 1. The lowest BCUT2D eigenvalue weighted by molar-refractivity contribution is -0.120. The Labute approximate surface area is 125 Å². The van der Waals surface area contributed by atoms with Crippen LogP contribution in [0.15, 0.2) is 18.2 Å². The first-order valence-electron chi connectivity index (χ1n) is 7.03. The highest BCUT2D eigenvalue weighted by Gasteiger charge is 2.24. The summed E-state index contributed by atoms with van der Waals surface area (Å²) in [7, 11) is 1.99. The van der Waals surface area contributed by atoms with Crippen molar-refractivity contribution in [1.82, 2.24) is 4.90 Å². The average Bonchev–Trinajstić information content (AvgIpc) is 2.36. The zero-order chi connectivity index (χ0) is 14.7. The molecule has 1 aromatic rings. The topological polar surface area (TPSA) is 58.4 Å². The van der Waals surface area contributed by atoms with E-state index in [2.05, 4.69) is 10.2 Å². The summed E-state index contributed by atoms with van der Waals surface area (Å²) in [4.78, 5) is 14.3. The predicted molar refractivity (Wildman–Crippen MR) is 83.9 cm³/mol. The van der Waals surface area contributed by atoms with Crippen molar-refractivity contribution in [3.63, 3.8) is 0 Å². The van der Waals surface area contributed by atoms with Crippen molar-refractivity contribution in [3.8, 4) is 0 Å². The van der Waals surface area contributed by atoms with Gasteiger partial charge in [-0.2, -0.15) is 0 Å². The quantitative estimate of drug-likeness (QED) is 0.821. The molecule has 1 unspecified atom stereocenters. The Bertz CT molecular complexity index is 488. The van der Waals surface area contributed by atoms with Crippen LogP contribution in [0.2, 0.25) is 5.02 Å². The highest BCUT2D eigenvalue weighted by Crippen LogP contribution is 2.27. The molecule has 0 aromatic heterocycles. The van der Waals surface area contributed by atoms with Crippen LogP contribution in [0.1, 0.15) is 26.2 Å². The van der Waals surface area contributed by atoms with Crippen LogP contribution < -0.4 is 11.1 Å². The van der Waals surface area contributed by atoms with E-state index in [1.165, 1.54) is 19.3 Å². The van der Waals surface area contributed by atoms with E-state index in [4.69, 9.17) is 17.3 Å². The van der Waals surface area contributed by atoms with Gasteiger partial charge in [0.15, 0.2) is 0 Å². The number of carbonyl (C=O) groups is 1. The van der Waals surface area contributed by atoms with Crippen LogP contribution in [0.5, 0.6) is 0 Å². The molecule has 1 aliphatic rings. The van der Waals surface area contributed by atoms with E-state index in [0.717, 1.165) is 12.5 Å². The zero-order valence-corrected chi connectivity index (χ0v) is 12.8. The fourth-order valence-electron chi connectivity index (χ4n) is 2.33. The molecule has 1 aliphatic carbocycles. The van der Waals surface area contributed by atoms with E-state index in [0.29, 0.717) is 16.4 Å². The number of amides is 1. The third kappa shape index (κ3) is 3.64. The second-order valence-electron chi connectivity index (χ2n) is 5.63. The molecule has 1 saturated carbocycles. The molecule has 4 nitrogen and oxygen atoms in total. The molecule has 1 aromatic carbocycles. The fourth-order valence-corrected chi connectivity index (χ4v) is 2.51. The summed E-state index contributed by atoms with van der Waals surface area (Å²) in [5.74, 6) is 0.705. The van der Waals surface area contributed by atoms with E-state index >= 15 is 0 Å². The maximum absolute atomic E-state index is 12.2. The summed E-state index contributed by atoms with van der Waals surface area (Å²) < 4.78 is 0. The van der Waals surface area contributed by atoms with E-state index in [9.17, 15) is 4.79 Å². The highest BCUT2D eigenvalue weighted by atomic mass is 35.5. The Hall–Kier alpha value is -1.26. The maximum Gasteiger partial charge on any atom is 0.241 e. The number of likely N-dealkylation sites (N-methyl/N-ethyl adjacent to an activating group) is 1. The molecular formula is C15H22ClN3O. The van der Waals surface area contributed by atoms with Gasteiger partial charge in [-0.05, 0) is 50.9 Å². The first-order valence-corrected chi connectivity index (χ1v) is 7.41. The lowest BCUT2D eigenvalue weighted by atomic mass is 9.85. The van der Waals surface area contributed by atoms with Crippen LogP contribution in [0.25, 0.3) is 0 Å². The van der Waals surface area contributed by atoms with Crippen molar-refractivity contribution in [2.75, 3.05) is 24.6 Å². The average molecular weight is 296 g/mol. The third-order valence-corrected chi connectivity index (χ3v) is 4.32. The van der Waals surface area contributed by atoms with Gasteiger partial charge >= 0.3 is 0 Å². The summed E-state index contributed by atoms with van der Waals surface area (Å²) in [6, 6.07) is 4.91. The SMILES string of the molecule is CC(C(=O)Nc1ccc(Cl)cc1N)N(C)CC1CCC1. The Morgan fingerprint density at radius 2 is 2.25 bits per heavy atom. The standard InChI is InChI=1S/C15H22ClN3O/c1-10(19(2)9-11-4-3-5-11)15(20)18-14-7-6-12(16)8-13(14)17/h6-8,10-11H,3-5,9,17H2,1-2H3,(H,18,20). The number of carbonyl (C=O) groups excluding carboxylic acids is 1. The Kier molecular flexibility index (Phi) is 4.89. The molecule has 0 saturated heterocycles. The van der Waals surface area contributed by atoms with Crippen molar-refractivity contribution < 1.29 is 4.79 Å². The van der Waals surface area contributed by atoms with Gasteiger partial charge in [0.05, 0.1) is 17.4 Å². The molecule has 0 bridgehead atoms. The van der Waals surface area contributed by atoms with Crippen LogP contribution in [-0.2, 0) is 4.79 Å². The molecule has 0 radical (unpaired) electrons. The zero-order valence-electron chi connectivity index (χ0n) is 12.0. The first-order chi connectivity index (χ1) is 9.47. The monoisotopic (exact) mass is 295 g/mol. The molecule has 5 heteroatoms. The summed E-state index contributed by atoms with van der Waals surface area (Å²) in [6.45, 7) is 2.89. The molecule has 2 rings (SSSR count). The number of anilines is 2. The molecule has 110 valence electrons. The minimum absolute atomic E-state index is 0.0409. The number of nitrogens with one attached hydrogen (secondary N) is 1. The molecule has 0 heterocycles. The Morgan fingerprint density at radius 1 is 1.55 bits per heavy atom. The lowest BCUT2D eigenvalue weighted by Crippen LogP contribution is -2.43. The lowest BCUT2D eigenvalue weighted by Gasteiger charge is -2.32. The Balaban J connectivity index is 1.92. The molecule has 0 spiro atoms. The van der Waals surface area contributed by atoms with Crippen molar-refractivity contribution in [1.29, 1.82) is 0 Å². The van der Waals surface area contributed by atoms with E-state index in [-0.39, 0.29) is 11.9 Å². The van der Waals surface area contributed by atoms with Gasteiger partial charge in [0.25, 0.3) is 0 Å². The number of halogens is 1. The summed E-state index contributed by atoms with van der Waals surface area (Å²) >= 11 is 5.85. The van der Waals surface area contributed by atoms with Crippen LogP contribution in [0.3, 0.4) is 0 Å². The van der Waals surface area contributed by atoms with Gasteiger partial charge in [0.1, 0.15) is 0 Å². The van der Waals surface area contributed by atoms with Crippen LogP contribution in [0.4, 0.5) is 11.4 Å². The van der Waals surface area contributed by atoms with Crippen LogP contribution in [0, 0.1) is 5.92 Å². The van der Waals surface area contributed by atoms with Crippen LogP contribution >= 0.6 is 11.6 Å². The van der Waals surface area contributed by atoms with Gasteiger partial charge in [-0.1, -0.05) is 18.0 Å². The third-order valence-electron chi connectivity index (χ3n) is 4.08. The minimum Gasteiger partial charge on any atom is -0.397 e. The smallest absolute Gasteiger partial charge is 0.241 e. The number of hydrogen-bond acceptors (Lipinski definition) is 3. The molecule has 1 atom stereocenters. The fraction of sp³-hybridized carbons (Fsp3) is 0.533. The normalized spacial score (nSPS) is 16.8. The first kappa shape index (κ1) is 15.1. The second-order valence-corrected chi connectivity index (χ2v) is 6.07. The van der Waals surface area contributed by atoms with Gasteiger partial charge in [0.2, 0.25) is 5.91 Å². The summed E-state index contributed by atoms with van der Waals surface area (Å²) in [5.41, 5.74) is 6.94. The van der Waals surface area contributed by atoms with Gasteiger partial charge in [-0.25, -0.2) is 0 Å². The maximum atomic E-state index is 12.2. The van der Waals surface area contributed by atoms with E-state index in [1.54, 1.807) is 18.2 Å². The number of rotatable bonds is 5. The minimum atomic E-state index is -0.175. The second kappa shape index (κ2) is 6.46. The molecule has 1 fully saturated rings.